The van der Waals surface area contributed by atoms with Crippen molar-refractivity contribution in [2.75, 3.05) is 0 Å². The van der Waals surface area contributed by atoms with Crippen LogP contribution in [0.3, 0.4) is 0 Å². The van der Waals surface area contributed by atoms with Crippen LogP contribution in [0.15, 0.2) is 65.2 Å². The van der Waals surface area contributed by atoms with Crippen molar-refractivity contribution in [3.63, 3.8) is 0 Å². The molecule has 3 rings (SSSR count). The summed E-state index contributed by atoms with van der Waals surface area (Å²) in [5.74, 6) is 1.23. The second-order valence-corrected chi connectivity index (χ2v) is 7.67. The van der Waals surface area contributed by atoms with Crippen molar-refractivity contribution in [3.05, 3.63) is 83.5 Å². The standard InChI is InChI=1S/C18H17BrN2O/c1-18(2,19)17-20-16(21-22-17)15(13-9-5-3-6-10-13)14-11-7-4-8-12-14/h3-12,15H,1-2H3. The maximum atomic E-state index is 5.45. The minimum Gasteiger partial charge on any atom is -0.338 e. The van der Waals surface area contributed by atoms with Gasteiger partial charge in [0.1, 0.15) is 0 Å². The van der Waals surface area contributed by atoms with Gasteiger partial charge >= 0.3 is 0 Å². The van der Waals surface area contributed by atoms with Gasteiger partial charge in [0.15, 0.2) is 5.82 Å². The SMILES string of the molecule is CC(C)(Br)c1nc(C(c2ccccc2)c2ccccc2)no1. The third kappa shape index (κ3) is 3.12. The molecule has 3 aromatic rings. The zero-order valence-corrected chi connectivity index (χ0v) is 14.1. The Balaban J connectivity index is 2.09. The van der Waals surface area contributed by atoms with Gasteiger partial charge in [-0.1, -0.05) is 81.8 Å². The molecule has 112 valence electrons. The van der Waals surface area contributed by atoms with Crippen molar-refractivity contribution in [1.82, 2.24) is 10.1 Å². The largest absolute Gasteiger partial charge is 0.338 e. The van der Waals surface area contributed by atoms with Gasteiger partial charge < -0.3 is 4.52 Å². The van der Waals surface area contributed by atoms with E-state index in [1.165, 1.54) is 0 Å². The van der Waals surface area contributed by atoms with Crippen LogP contribution in [0.25, 0.3) is 0 Å². The van der Waals surface area contributed by atoms with Gasteiger partial charge in [0.25, 0.3) is 0 Å². The highest BCUT2D eigenvalue weighted by Gasteiger charge is 2.28. The summed E-state index contributed by atoms with van der Waals surface area (Å²) in [4.78, 5) is 4.61. The van der Waals surface area contributed by atoms with Gasteiger partial charge in [0, 0.05) is 0 Å². The topological polar surface area (TPSA) is 38.9 Å². The molecule has 0 aliphatic rings. The first-order valence-corrected chi connectivity index (χ1v) is 7.98. The highest BCUT2D eigenvalue weighted by molar-refractivity contribution is 9.09. The number of aromatic nitrogens is 2. The molecule has 0 bridgehead atoms. The van der Waals surface area contributed by atoms with Crippen LogP contribution in [0.4, 0.5) is 0 Å². The summed E-state index contributed by atoms with van der Waals surface area (Å²) in [7, 11) is 0. The molecule has 0 spiro atoms. The summed E-state index contributed by atoms with van der Waals surface area (Å²) in [5, 5.41) is 4.22. The van der Waals surface area contributed by atoms with E-state index in [0.29, 0.717) is 11.7 Å². The van der Waals surface area contributed by atoms with Crippen molar-refractivity contribution in [2.24, 2.45) is 0 Å². The third-order valence-electron chi connectivity index (χ3n) is 3.47. The number of rotatable bonds is 4. The van der Waals surface area contributed by atoms with E-state index in [2.05, 4.69) is 50.3 Å². The van der Waals surface area contributed by atoms with Gasteiger partial charge in [-0.3, -0.25) is 0 Å². The fourth-order valence-corrected chi connectivity index (χ4v) is 2.54. The first kappa shape index (κ1) is 15.0. The van der Waals surface area contributed by atoms with Crippen molar-refractivity contribution < 1.29 is 4.52 Å². The van der Waals surface area contributed by atoms with E-state index in [4.69, 9.17) is 4.52 Å². The smallest absolute Gasteiger partial charge is 0.243 e. The van der Waals surface area contributed by atoms with Crippen molar-refractivity contribution in [1.29, 1.82) is 0 Å². The first-order chi connectivity index (χ1) is 10.6. The van der Waals surface area contributed by atoms with Gasteiger partial charge in [0.05, 0.1) is 10.2 Å². The van der Waals surface area contributed by atoms with Crippen molar-refractivity contribution >= 4 is 15.9 Å². The average molecular weight is 357 g/mol. The molecular weight excluding hydrogens is 340 g/mol. The maximum absolute atomic E-state index is 5.45. The molecule has 0 amide bonds. The Morgan fingerprint density at radius 1 is 0.909 bits per heavy atom. The number of benzene rings is 2. The molecule has 0 aliphatic heterocycles. The molecular formula is C18H17BrN2O. The van der Waals surface area contributed by atoms with Gasteiger partial charge in [-0.15, -0.1) is 0 Å². The number of nitrogens with zero attached hydrogens (tertiary/aromatic N) is 2. The zero-order chi connectivity index (χ0) is 15.6. The van der Waals surface area contributed by atoms with E-state index in [-0.39, 0.29) is 10.2 Å². The molecule has 0 unspecified atom stereocenters. The van der Waals surface area contributed by atoms with Gasteiger partial charge in [-0.2, -0.15) is 4.98 Å². The van der Waals surface area contributed by atoms with Crippen LogP contribution in [0.5, 0.6) is 0 Å². The second-order valence-electron chi connectivity index (χ2n) is 5.68. The fourth-order valence-electron chi connectivity index (χ4n) is 2.38. The molecule has 0 N–H and O–H groups in total. The highest BCUT2D eigenvalue weighted by atomic mass is 79.9. The molecule has 0 atom stereocenters. The van der Waals surface area contributed by atoms with Crippen LogP contribution in [0.2, 0.25) is 0 Å². The fraction of sp³-hybridized carbons (Fsp3) is 0.222. The van der Waals surface area contributed by atoms with Crippen LogP contribution in [-0.4, -0.2) is 10.1 Å². The molecule has 1 aromatic heterocycles. The predicted octanol–water partition coefficient (Wildman–Crippen LogP) is 4.88. The first-order valence-electron chi connectivity index (χ1n) is 7.18. The lowest BCUT2D eigenvalue weighted by Gasteiger charge is -2.14. The summed E-state index contributed by atoms with van der Waals surface area (Å²) < 4.78 is 5.11. The summed E-state index contributed by atoms with van der Waals surface area (Å²) in [6.07, 6.45) is 0. The van der Waals surface area contributed by atoms with E-state index in [9.17, 15) is 0 Å². The summed E-state index contributed by atoms with van der Waals surface area (Å²) in [6.45, 7) is 3.98. The molecule has 0 saturated heterocycles. The van der Waals surface area contributed by atoms with E-state index >= 15 is 0 Å². The molecule has 1 heterocycles. The lowest BCUT2D eigenvalue weighted by molar-refractivity contribution is 0.352. The Hall–Kier alpha value is -1.94. The predicted molar refractivity (Wildman–Crippen MR) is 90.1 cm³/mol. The summed E-state index contributed by atoms with van der Waals surface area (Å²) >= 11 is 3.57. The third-order valence-corrected chi connectivity index (χ3v) is 3.81. The van der Waals surface area contributed by atoms with Crippen LogP contribution in [0.1, 0.15) is 42.6 Å². The van der Waals surface area contributed by atoms with Crippen LogP contribution in [0, 0.1) is 0 Å². The van der Waals surface area contributed by atoms with Gasteiger partial charge in [-0.25, -0.2) is 0 Å². The normalized spacial score (nSPS) is 11.8. The number of hydrogen-bond acceptors (Lipinski definition) is 3. The Morgan fingerprint density at radius 3 is 1.82 bits per heavy atom. The van der Waals surface area contributed by atoms with E-state index in [0.717, 1.165) is 11.1 Å². The molecule has 0 aliphatic carbocycles. The van der Waals surface area contributed by atoms with Gasteiger partial charge in [0.2, 0.25) is 5.89 Å². The summed E-state index contributed by atoms with van der Waals surface area (Å²) in [5.41, 5.74) is 2.29. The minimum absolute atomic E-state index is 0.0326. The second kappa shape index (κ2) is 6.05. The number of hydrogen-bond donors (Lipinski definition) is 0. The van der Waals surface area contributed by atoms with E-state index in [1.54, 1.807) is 0 Å². The quantitative estimate of drug-likeness (QED) is 0.625. The van der Waals surface area contributed by atoms with Crippen LogP contribution in [-0.2, 0) is 4.32 Å². The lowest BCUT2D eigenvalue weighted by Crippen LogP contribution is -2.09. The Kier molecular flexibility index (Phi) is 4.12. The molecule has 0 saturated carbocycles. The summed E-state index contributed by atoms with van der Waals surface area (Å²) in [6, 6.07) is 20.5. The molecule has 3 nitrogen and oxygen atoms in total. The molecule has 0 radical (unpaired) electrons. The van der Waals surface area contributed by atoms with Crippen molar-refractivity contribution in [3.8, 4) is 0 Å². The van der Waals surface area contributed by atoms with E-state index < -0.39 is 0 Å². The number of halogens is 1. The minimum atomic E-state index is -0.337. The molecule has 2 aromatic carbocycles. The maximum Gasteiger partial charge on any atom is 0.243 e. The van der Waals surface area contributed by atoms with Crippen LogP contribution < -0.4 is 0 Å². The molecule has 0 fully saturated rings. The molecule has 4 heteroatoms. The van der Waals surface area contributed by atoms with Gasteiger partial charge in [-0.05, 0) is 25.0 Å². The monoisotopic (exact) mass is 356 g/mol. The Morgan fingerprint density at radius 2 is 1.41 bits per heavy atom. The highest BCUT2D eigenvalue weighted by Crippen LogP contribution is 2.33. The average Bonchev–Trinajstić information content (AvgIpc) is 2.99. The molecule has 22 heavy (non-hydrogen) atoms. The lowest BCUT2D eigenvalue weighted by atomic mass is 9.91. The van der Waals surface area contributed by atoms with Crippen molar-refractivity contribution in [2.45, 2.75) is 24.1 Å². The Bertz CT molecular complexity index is 693. The zero-order valence-electron chi connectivity index (χ0n) is 12.5. The Labute approximate surface area is 138 Å². The van der Waals surface area contributed by atoms with E-state index in [1.807, 2.05) is 50.2 Å². The van der Waals surface area contributed by atoms with Crippen LogP contribution >= 0.6 is 15.9 Å². The number of alkyl halides is 1.